The summed E-state index contributed by atoms with van der Waals surface area (Å²) < 4.78 is 23.7. The van der Waals surface area contributed by atoms with Crippen molar-refractivity contribution in [1.82, 2.24) is 9.91 Å². The van der Waals surface area contributed by atoms with Gasteiger partial charge >= 0.3 is 11.8 Å². The molecule has 1 fully saturated rings. The molecule has 5 bridgehead atoms. The summed E-state index contributed by atoms with van der Waals surface area (Å²) in [4.78, 5) is 43.1. The second-order valence-electron chi connectivity index (χ2n) is 17.9. The molecule has 3 aromatic rings. The standard InChI is InChI=1S/C51H64N4O12/c1-28-15-13-16-29(2)50(63)53-41-36(27-52-55-24-22-54(23-25-55)21-14-19-35-17-11-10-12-18-35)45(60)38-39(46(41)61)44(59)33(6)48-40(38)49(62)51(8,67-48)65-26-20-37(64-9)30(3)47(66-34(7)56)32(5)43(58)31(4)42(28)57/h10-20,26-28,30-32,37,42-43,47,57-61H,21-25H2,1-9H3,(H,53,63)/b15-13+,19-14+,26-20+,29-16-,52-27+/t28-,30+,31+,32+,37-,42-,43+,47+,51-/m0/s1. The Morgan fingerprint density at radius 3 is 2.27 bits per heavy atom. The van der Waals surface area contributed by atoms with Crippen LogP contribution in [0.5, 0.6) is 23.0 Å². The molecule has 6 N–H and O–H groups in total. The highest BCUT2D eigenvalue weighted by Crippen LogP contribution is 2.55. The van der Waals surface area contributed by atoms with Crippen LogP contribution in [0.4, 0.5) is 5.69 Å². The number of rotatable bonds is 7. The lowest BCUT2D eigenvalue weighted by Gasteiger charge is -2.38. The van der Waals surface area contributed by atoms with Crippen LogP contribution in [-0.4, -0.2) is 129 Å². The first-order chi connectivity index (χ1) is 31.8. The number of hydrazone groups is 1. The van der Waals surface area contributed by atoms with E-state index >= 15 is 0 Å². The Bertz CT molecular complexity index is 2480. The molecule has 1 amide bonds. The Hall–Kier alpha value is -6.20. The predicted molar refractivity (Wildman–Crippen MR) is 255 cm³/mol. The summed E-state index contributed by atoms with van der Waals surface area (Å²) in [5.74, 6) is -8.44. The van der Waals surface area contributed by atoms with E-state index in [2.05, 4.69) is 27.5 Å². The van der Waals surface area contributed by atoms with E-state index in [9.17, 15) is 39.9 Å². The highest BCUT2D eigenvalue weighted by molar-refractivity contribution is 6.23. The Labute approximate surface area is 391 Å². The number of ether oxygens (including phenoxy) is 4. The average molecular weight is 925 g/mol. The number of esters is 1. The van der Waals surface area contributed by atoms with Crippen molar-refractivity contribution in [3.8, 4) is 23.0 Å². The van der Waals surface area contributed by atoms with E-state index in [0.717, 1.165) is 12.1 Å². The van der Waals surface area contributed by atoms with Crippen molar-refractivity contribution in [2.45, 2.75) is 85.6 Å². The molecule has 0 aromatic heterocycles. The molecule has 0 aliphatic carbocycles. The number of hydrogen-bond donors (Lipinski definition) is 6. The molecular weight excluding hydrogens is 861 g/mol. The van der Waals surface area contributed by atoms with Gasteiger partial charge in [-0.25, -0.2) is 0 Å². The molecule has 0 saturated carbocycles. The number of hydrogen-bond acceptors (Lipinski definition) is 15. The molecule has 0 spiro atoms. The van der Waals surface area contributed by atoms with E-state index in [1.54, 1.807) is 44.9 Å². The van der Waals surface area contributed by atoms with Gasteiger partial charge in [-0.3, -0.25) is 24.3 Å². The first kappa shape index (κ1) is 50.2. The van der Waals surface area contributed by atoms with E-state index < -0.39 is 88.8 Å². The van der Waals surface area contributed by atoms with Crippen molar-refractivity contribution in [2.24, 2.45) is 28.8 Å². The number of fused-ring (bicyclic) bond motifs is 14. The van der Waals surface area contributed by atoms with Crippen LogP contribution in [0.1, 0.15) is 75.5 Å². The van der Waals surface area contributed by atoms with Crippen LogP contribution in [0.25, 0.3) is 16.8 Å². The lowest BCUT2D eigenvalue weighted by Crippen LogP contribution is -2.46. The number of Topliss-reactive ketones (excluding diaryl/α,β-unsaturated/α-hetero) is 1. The number of anilines is 1. The second kappa shape index (κ2) is 21.2. The van der Waals surface area contributed by atoms with Gasteiger partial charge < -0.3 is 49.8 Å². The quantitative estimate of drug-likeness (QED) is 0.0652. The van der Waals surface area contributed by atoms with E-state index in [-0.39, 0.29) is 44.5 Å². The monoisotopic (exact) mass is 924 g/mol. The third-order valence-electron chi connectivity index (χ3n) is 13.2. The number of amides is 1. The SMILES string of the molecule is CO[C@H]1/C=C/O[C@@]2(C)Oc3c(C)c(O)c4c(O)c(c(/C=N/N5CCN(C/C=C/c6ccccc6)CC5)c(O)c4c3C2=O)NC(=O)/C(C)=C\C=C\[C@H](C)[C@H](O)[C@@H](C)[C@@H](O)[C@@H](C)[C@H](OC(C)=O)[C@@H]1C. The highest BCUT2D eigenvalue weighted by Gasteiger charge is 2.50. The third kappa shape index (κ3) is 10.7. The zero-order chi connectivity index (χ0) is 48.9. The molecule has 360 valence electrons. The van der Waals surface area contributed by atoms with E-state index in [4.69, 9.17) is 18.9 Å². The van der Waals surface area contributed by atoms with Crippen LogP contribution in [-0.2, 0) is 23.8 Å². The Morgan fingerprint density at radius 2 is 1.61 bits per heavy atom. The van der Waals surface area contributed by atoms with Gasteiger partial charge in [0.25, 0.3) is 11.7 Å². The molecule has 4 heterocycles. The highest BCUT2D eigenvalue weighted by atomic mass is 16.7. The second-order valence-corrected chi connectivity index (χ2v) is 17.9. The number of ketones is 1. The number of aromatic hydroxyl groups is 3. The van der Waals surface area contributed by atoms with Gasteiger partial charge in [0.05, 0.1) is 53.0 Å². The van der Waals surface area contributed by atoms with Gasteiger partial charge in [-0.15, -0.1) is 0 Å². The van der Waals surface area contributed by atoms with Crippen molar-refractivity contribution >= 4 is 46.4 Å². The van der Waals surface area contributed by atoms with Gasteiger partial charge in [-0.05, 0) is 25.5 Å². The topological polar surface area (TPSA) is 220 Å². The van der Waals surface area contributed by atoms with Crippen LogP contribution in [0.15, 0.2) is 77.6 Å². The summed E-state index contributed by atoms with van der Waals surface area (Å²) >= 11 is 0. The van der Waals surface area contributed by atoms with Gasteiger partial charge in [0, 0.05) is 93.9 Å². The number of benzene rings is 3. The van der Waals surface area contributed by atoms with Crippen LogP contribution in [0, 0.1) is 30.6 Å². The molecule has 9 atom stereocenters. The summed E-state index contributed by atoms with van der Waals surface area (Å²) in [6, 6.07) is 10.0. The van der Waals surface area contributed by atoms with Crippen LogP contribution in [0.2, 0.25) is 0 Å². The number of piperazine rings is 1. The number of allylic oxidation sites excluding steroid dienone is 2. The number of carbonyl (C=O) groups excluding carboxylic acids is 3. The van der Waals surface area contributed by atoms with Gasteiger partial charge in [0.1, 0.15) is 23.4 Å². The fraction of sp³-hybridized carbons (Fsp3) is 0.451. The molecular formula is C51H64N4O12. The van der Waals surface area contributed by atoms with Crippen LogP contribution >= 0.6 is 0 Å². The molecule has 0 unspecified atom stereocenters. The smallest absolute Gasteiger partial charge is 0.312 e. The summed E-state index contributed by atoms with van der Waals surface area (Å²) in [5.41, 5.74) is 0.718. The fourth-order valence-corrected chi connectivity index (χ4v) is 8.95. The lowest BCUT2D eigenvalue weighted by atomic mass is 9.78. The van der Waals surface area contributed by atoms with Gasteiger partial charge in [-0.1, -0.05) is 88.4 Å². The zero-order valence-electron chi connectivity index (χ0n) is 39.6. The first-order valence-electron chi connectivity index (χ1n) is 22.6. The number of carbonyl (C=O) groups is 3. The summed E-state index contributed by atoms with van der Waals surface area (Å²) in [6.07, 6.45) is 9.03. The molecule has 67 heavy (non-hydrogen) atoms. The molecule has 0 radical (unpaired) electrons. The van der Waals surface area contributed by atoms with Gasteiger partial charge in [0.15, 0.2) is 5.75 Å². The Balaban J connectivity index is 1.43. The van der Waals surface area contributed by atoms with E-state index in [1.165, 1.54) is 59.4 Å². The number of methoxy groups -OCH3 is 1. The number of phenols is 3. The van der Waals surface area contributed by atoms with Crippen molar-refractivity contribution in [3.05, 3.63) is 94.8 Å². The zero-order valence-corrected chi connectivity index (χ0v) is 39.6. The normalized spacial score (nSPS) is 29.7. The molecule has 16 nitrogen and oxygen atoms in total. The maximum absolute atomic E-state index is 14.6. The Morgan fingerprint density at radius 1 is 0.925 bits per heavy atom. The molecule has 4 aliphatic heterocycles. The molecule has 3 aromatic carbocycles. The number of aliphatic hydroxyl groups excluding tert-OH is 2. The van der Waals surface area contributed by atoms with E-state index in [1.807, 2.05) is 30.3 Å². The Kier molecular flexibility index (Phi) is 15.9. The van der Waals surface area contributed by atoms with Crippen molar-refractivity contribution in [2.75, 3.05) is 45.2 Å². The fourth-order valence-electron chi connectivity index (χ4n) is 8.95. The van der Waals surface area contributed by atoms with Crippen molar-refractivity contribution in [3.63, 3.8) is 0 Å². The minimum absolute atomic E-state index is 0.0504. The minimum Gasteiger partial charge on any atom is -0.507 e. The van der Waals surface area contributed by atoms with E-state index in [0.29, 0.717) is 26.2 Å². The summed E-state index contributed by atoms with van der Waals surface area (Å²) in [5, 5.41) is 67.6. The maximum Gasteiger partial charge on any atom is 0.312 e. The molecule has 7 rings (SSSR count). The molecule has 1 saturated heterocycles. The molecule has 4 aliphatic rings. The predicted octanol–water partition coefficient (Wildman–Crippen LogP) is 6.42. The van der Waals surface area contributed by atoms with Crippen molar-refractivity contribution in [1.29, 1.82) is 0 Å². The lowest BCUT2D eigenvalue weighted by molar-refractivity contribution is -0.160. The summed E-state index contributed by atoms with van der Waals surface area (Å²) in [6.45, 7) is 15.7. The summed E-state index contributed by atoms with van der Waals surface area (Å²) in [7, 11) is 1.44. The third-order valence-corrected chi connectivity index (χ3v) is 13.2. The number of nitrogens with zero attached hydrogens (tertiary/aromatic N) is 3. The van der Waals surface area contributed by atoms with Gasteiger partial charge in [0.2, 0.25) is 0 Å². The van der Waals surface area contributed by atoms with Crippen molar-refractivity contribution < 1.29 is 58.9 Å². The minimum atomic E-state index is -2.06. The van der Waals surface area contributed by atoms with Crippen LogP contribution < -0.4 is 10.1 Å². The van der Waals surface area contributed by atoms with Crippen LogP contribution in [0.3, 0.4) is 0 Å². The number of nitrogens with one attached hydrogen (secondary N) is 1. The maximum atomic E-state index is 14.6. The van der Waals surface area contributed by atoms with Gasteiger partial charge in [-0.2, -0.15) is 5.10 Å². The number of aliphatic hydroxyl groups is 2. The molecule has 16 heteroatoms. The number of phenolic OH excluding ortho intramolecular Hbond substituents is 3. The average Bonchev–Trinajstić information content (AvgIpc) is 3.57. The first-order valence-corrected chi connectivity index (χ1v) is 22.6. The largest absolute Gasteiger partial charge is 0.507 e.